The van der Waals surface area contributed by atoms with E-state index in [-0.39, 0.29) is 0 Å². The van der Waals surface area contributed by atoms with Crippen molar-refractivity contribution >= 4 is 0 Å². The van der Waals surface area contributed by atoms with Gasteiger partial charge in [0.15, 0.2) is 0 Å². The van der Waals surface area contributed by atoms with Gasteiger partial charge in [0.2, 0.25) is 0 Å². The molecule has 0 spiro atoms. The lowest BCUT2D eigenvalue weighted by Gasteiger charge is -2.44. The lowest BCUT2D eigenvalue weighted by Crippen LogP contribution is -2.50. The molecule has 1 heterocycles. The molecule has 1 saturated heterocycles. The van der Waals surface area contributed by atoms with E-state index in [1.54, 1.807) is 0 Å². The minimum absolute atomic E-state index is 0.814. The molecule has 19 heavy (non-hydrogen) atoms. The molecule has 112 valence electrons. The zero-order chi connectivity index (χ0) is 13.8. The predicted molar refractivity (Wildman–Crippen MR) is 82.6 cm³/mol. The Hall–Kier alpha value is -0.120. The van der Waals surface area contributed by atoms with Gasteiger partial charge in [0.1, 0.15) is 0 Å². The highest BCUT2D eigenvalue weighted by Crippen LogP contribution is 2.28. The molecule has 2 rings (SSSR count). The first-order valence-corrected chi connectivity index (χ1v) is 8.22. The van der Waals surface area contributed by atoms with Gasteiger partial charge in [0, 0.05) is 18.1 Å². The number of nitrogens with zero attached hydrogens (tertiary/aromatic N) is 3. The first-order chi connectivity index (χ1) is 9.11. The summed E-state index contributed by atoms with van der Waals surface area (Å²) in [4.78, 5) is 7.75. The molecule has 0 N–H and O–H groups in total. The molecule has 0 aromatic heterocycles. The number of rotatable bonds is 4. The molecule has 2 aliphatic rings. The van der Waals surface area contributed by atoms with Crippen molar-refractivity contribution in [3.05, 3.63) is 0 Å². The van der Waals surface area contributed by atoms with Gasteiger partial charge in [0.05, 0.1) is 0 Å². The summed E-state index contributed by atoms with van der Waals surface area (Å²) < 4.78 is 0. The third-order valence-electron chi connectivity index (χ3n) is 5.49. The quantitative estimate of drug-likeness (QED) is 0.774. The van der Waals surface area contributed by atoms with Crippen LogP contribution in [0.25, 0.3) is 0 Å². The van der Waals surface area contributed by atoms with Crippen LogP contribution in [0.15, 0.2) is 0 Å². The van der Waals surface area contributed by atoms with Crippen LogP contribution in [0.2, 0.25) is 0 Å². The zero-order valence-electron chi connectivity index (χ0n) is 13.4. The van der Waals surface area contributed by atoms with Gasteiger partial charge in [-0.15, -0.1) is 0 Å². The third-order valence-corrected chi connectivity index (χ3v) is 5.49. The van der Waals surface area contributed by atoms with Gasteiger partial charge < -0.3 is 14.7 Å². The largest absolute Gasteiger partial charge is 0.306 e. The van der Waals surface area contributed by atoms with Crippen molar-refractivity contribution < 1.29 is 0 Å². The summed E-state index contributed by atoms with van der Waals surface area (Å²) in [6.45, 7) is 6.11. The smallest absolute Gasteiger partial charge is 0.0113 e. The molecular formula is C16H33N3. The standard InChI is InChI=1S/C16H33N3/c1-5-18(4)15-7-6-8-16(13-15)19-11-9-14(10-12-19)17(2)3/h14-16H,5-13H2,1-4H3/t15-,16+/m0/s1. The predicted octanol–water partition coefficient (Wildman–Crippen LogP) is 2.28. The molecule has 0 bridgehead atoms. The summed E-state index contributed by atoms with van der Waals surface area (Å²) in [5.41, 5.74) is 0. The van der Waals surface area contributed by atoms with Crippen LogP contribution < -0.4 is 0 Å². The number of likely N-dealkylation sites (tertiary alicyclic amines) is 1. The molecule has 2 atom stereocenters. The van der Waals surface area contributed by atoms with Crippen molar-refractivity contribution in [3.63, 3.8) is 0 Å². The Morgan fingerprint density at radius 3 is 2.21 bits per heavy atom. The Morgan fingerprint density at radius 1 is 0.947 bits per heavy atom. The fourth-order valence-corrected chi connectivity index (χ4v) is 3.90. The highest BCUT2D eigenvalue weighted by atomic mass is 15.2. The normalized spacial score (nSPS) is 31.3. The van der Waals surface area contributed by atoms with Gasteiger partial charge in [-0.05, 0) is 72.9 Å². The minimum Gasteiger partial charge on any atom is -0.306 e. The highest BCUT2D eigenvalue weighted by Gasteiger charge is 2.31. The van der Waals surface area contributed by atoms with Crippen LogP contribution >= 0.6 is 0 Å². The lowest BCUT2D eigenvalue weighted by molar-refractivity contribution is 0.0629. The summed E-state index contributed by atoms with van der Waals surface area (Å²) in [7, 11) is 6.76. The SMILES string of the molecule is CCN(C)[C@H]1CCC[C@@H](N2CCC(N(C)C)CC2)C1. The van der Waals surface area contributed by atoms with E-state index in [1.165, 1.54) is 58.2 Å². The summed E-state index contributed by atoms with van der Waals surface area (Å²) in [6.07, 6.45) is 8.38. The molecular weight excluding hydrogens is 234 g/mol. The average Bonchev–Trinajstić information content (AvgIpc) is 2.46. The summed E-state index contributed by atoms with van der Waals surface area (Å²) >= 11 is 0. The molecule has 3 heteroatoms. The Morgan fingerprint density at radius 2 is 1.63 bits per heavy atom. The molecule has 0 aromatic carbocycles. The average molecular weight is 267 g/mol. The first kappa shape index (κ1) is 15.3. The topological polar surface area (TPSA) is 9.72 Å². The maximum atomic E-state index is 2.79. The summed E-state index contributed by atoms with van der Waals surface area (Å²) in [5.74, 6) is 0. The molecule has 0 aromatic rings. The van der Waals surface area contributed by atoms with E-state index >= 15 is 0 Å². The van der Waals surface area contributed by atoms with Gasteiger partial charge in [0.25, 0.3) is 0 Å². The lowest BCUT2D eigenvalue weighted by atomic mass is 9.87. The van der Waals surface area contributed by atoms with E-state index in [9.17, 15) is 0 Å². The van der Waals surface area contributed by atoms with Gasteiger partial charge in [-0.25, -0.2) is 0 Å². The van der Waals surface area contributed by atoms with Crippen molar-refractivity contribution in [2.45, 2.75) is 63.6 Å². The fraction of sp³-hybridized carbons (Fsp3) is 1.00. The van der Waals surface area contributed by atoms with E-state index in [1.807, 2.05) is 0 Å². The second kappa shape index (κ2) is 7.05. The number of hydrogen-bond donors (Lipinski definition) is 0. The number of piperidine rings is 1. The van der Waals surface area contributed by atoms with Gasteiger partial charge in [-0.2, -0.15) is 0 Å². The van der Waals surface area contributed by atoms with Crippen LogP contribution in [-0.4, -0.2) is 73.6 Å². The van der Waals surface area contributed by atoms with Crippen LogP contribution in [-0.2, 0) is 0 Å². The first-order valence-electron chi connectivity index (χ1n) is 8.22. The summed E-state index contributed by atoms with van der Waals surface area (Å²) in [6, 6.07) is 2.50. The maximum Gasteiger partial charge on any atom is 0.0113 e. The Labute approximate surface area is 119 Å². The van der Waals surface area contributed by atoms with Crippen molar-refractivity contribution in [3.8, 4) is 0 Å². The minimum atomic E-state index is 0.814. The van der Waals surface area contributed by atoms with Gasteiger partial charge in [-0.3, -0.25) is 0 Å². The van der Waals surface area contributed by atoms with E-state index in [0.717, 1.165) is 18.1 Å². The van der Waals surface area contributed by atoms with Crippen molar-refractivity contribution in [2.75, 3.05) is 40.8 Å². The summed E-state index contributed by atoms with van der Waals surface area (Å²) in [5, 5.41) is 0. The van der Waals surface area contributed by atoms with Crippen LogP contribution in [0.5, 0.6) is 0 Å². The molecule has 1 saturated carbocycles. The number of hydrogen-bond acceptors (Lipinski definition) is 3. The van der Waals surface area contributed by atoms with Gasteiger partial charge >= 0.3 is 0 Å². The third kappa shape index (κ3) is 3.93. The van der Waals surface area contributed by atoms with Crippen LogP contribution in [0.3, 0.4) is 0 Å². The van der Waals surface area contributed by atoms with Crippen LogP contribution in [0.1, 0.15) is 45.4 Å². The molecule has 1 aliphatic heterocycles. The molecule has 0 radical (unpaired) electrons. The molecule has 0 amide bonds. The van der Waals surface area contributed by atoms with Crippen molar-refractivity contribution in [1.82, 2.24) is 14.7 Å². The second-order valence-corrected chi connectivity index (χ2v) is 6.78. The Bertz CT molecular complexity index is 259. The van der Waals surface area contributed by atoms with Crippen molar-refractivity contribution in [2.24, 2.45) is 0 Å². The van der Waals surface area contributed by atoms with Crippen LogP contribution in [0, 0.1) is 0 Å². The van der Waals surface area contributed by atoms with Crippen molar-refractivity contribution in [1.29, 1.82) is 0 Å². The van der Waals surface area contributed by atoms with E-state index in [2.05, 4.69) is 42.8 Å². The maximum absolute atomic E-state index is 2.79. The Balaban J connectivity index is 1.82. The molecule has 1 aliphatic carbocycles. The fourth-order valence-electron chi connectivity index (χ4n) is 3.90. The van der Waals surface area contributed by atoms with Crippen LogP contribution in [0.4, 0.5) is 0 Å². The monoisotopic (exact) mass is 267 g/mol. The van der Waals surface area contributed by atoms with E-state index in [0.29, 0.717) is 0 Å². The molecule has 0 unspecified atom stereocenters. The van der Waals surface area contributed by atoms with E-state index in [4.69, 9.17) is 0 Å². The Kier molecular flexibility index (Phi) is 5.67. The van der Waals surface area contributed by atoms with Gasteiger partial charge in [-0.1, -0.05) is 13.3 Å². The highest BCUT2D eigenvalue weighted by molar-refractivity contribution is 4.87. The molecule has 3 nitrogen and oxygen atoms in total. The zero-order valence-corrected chi connectivity index (χ0v) is 13.4. The van der Waals surface area contributed by atoms with E-state index < -0.39 is 0 Å². The molecule has 2 fully saturated rings. The second-order valence-electron chi connectivity index (χ2n) is 6.78.